The summed E-state index contributed by atoms with van der Waals surface area (Å²) < 4.78 is 5.08. The molecule has 0 aliphatic rings. The van der Waals surface area contributed by atoms with E-state index in [2.05, 4.69) is 24.4 Å². The van der Waals surface area contributed by atoms with Gasteiger partial charge >= 0.3 is 5.97 Å². The molecule has 1 heterocycles. The third-order valence-electron chi connectivity index (χ3n) is 3.10. The van der Waals surface area contributed by atoms with E-state index in [-0.39, 0.29) is 5.91 Å². The molecule has 1 aromatic heterocycles. The Hall–Kier alpha value is -2.34. The summed E-state index contributed by atoms with van der Waals surface area (Å²) in [4.78, 5) is 25.0. The van der Waals surface area contributed by atoms with Crippen LogP contribution in [0.25, 0.3) is 0 Å². The predicted octanol–water partition coefficient (Wildman–Crippen LogP) is 3.48. The van der Waals surface area contributed by atoms with Gasteiger partial charge in [0.25, 0.3) is 0 Å². The molecule has 2 N–H and O–H groups in total. The van der Waals surface area contributed by atoms with Gasteiger partial charge in [-0.05, 0) is 44.0 Å². The third-order valence-corrected chi connectivity index (χ3v) is 4.16. The van der Waals surface area contributed by atoms with Crippen molar-refractivity contribution in [1.29, 1.82) is 0 Å². The molecule has 6 heteroatoms. The van der Waals surface area contributed by atoms with Crippen LogP contribution in [0, 0.1) is 6.92 Å². The zero-order chi connectivity index (χ0) is 16.7. The first-order valence-corrected chi connectivity index (χ1v) is 8.14. The van der Waals surface area contributed by atoms with Crippen molar-refractivity contribution >= 4 is 28.9 Å². The van der Waals surface area contributed by atoms with Gasteiger partial charge in [0, 0.05) is 27.9 Å². The fraction of sp³-hybridized carbons (Fsp3) is 0.294. The molecule has 5 nitrogen and oxygen atoms in total. The number of ether oxygens (including phenoxy) is 1. The molecule has 0 radical (unpaired) electrons. The first-order valence-electron chi connectivity index (χ1n) is 7.33. The van der Waals surface area contributed by atoms with E-state index in [9.17, 15) is 9.59 Å². The first-order chi connectivity index (χ1) is 11.0. The Morgan fingerprint density at radius 1 is 1.26 bits per heavy atom. The number of anilines is 1. The highest BCUT2D eigenvalue weighted by atomic mass is 32.1. The smallest absolute Gasteiger partial charge is 0.341 e. The molecule has 2 aromatic rings. The number of carbonyl (C=O) groups excluding carboxylic acids is 1. The summed E-state index contributed by atoms with van der Waals surface area (Å²) in [5.41, 5.74) is 0.602. The van der Waals surface area contributed by atoms with Crippen LogP contribution in [0.3, 0.4) is 0 Å². The average Bonchev–Trinajstić information content (AvgIpc) is 2.91. The van der Waals surface area contributed by atoms with Gasteiger partial charge in [0.15, 0.2) is 6.61 Å². The predicted molar refractivity (Wildman–Crippen MR) is 90.2 cm³/mol. The van der Waals surface area contributed by atoms with Crippen LogP contribution in [0.2, 0.25) is 0 Å². The maximum absolute atomic E-state index is 11.9. The van der Waals surface area contributed by atoms with E-state index >= 15 is 0 Å². The molecule has 122 valence electrons. The van der Waals surface area contributed by atoms with Crippen molar-refractivity contribution in [3.63, 3.8) is 0 Å². The number of carbonyl (C=O) groups is 2. The number of benzene rings is 1. The van der Waals surface area contributed by atoms with E-state index in [1.165, 1.54) is 9.75 Å². The van der Waals surface area contributed by atoms with Crippen LogP contribution in [-0.2, 0) is 16.0 Å². The third kappa shape index (κ3) is 6.12. The molecular weight excluding hydrogens is 314 g/mol. The molecule has 0 fully saturated rings. The molecule has 0 spiro atoms. The van der Waals surface area contributed by atoms with Crippen LogP contribution in [-0.4, -0.2) is 23.6 Å². The quantitative estimate of drug-likeness (QED) is 0.775. The summed E-state index contributed by atoms with van der Waals surface area (Å²) in [5.74, 6) is -0.684. The lowest BCUT2D eigenvalue weighted by Crippen LogP contribution is -2.12. The Balaban J connectivity index is 1.78. The lowest BCUT2D eigenvalue weighted by Gasteiger charge is -2.08. The molecule has 1 amide bonds. The van der Waals surface area contributed by atoms with Gasteiger partial charge in [0.1, 0.15) is 5.75 Å². The van der Waals surface area contributed by atoms with E-state index in [1.54, 1.807) is 35.6 Å². The second kappa shape index (κ2) is 8.33. The zero-order valence-corrected chi connectivity index (χ0v) is 13.7. The normalized spacial score (nSPS) is 10.3. The van der Waals surface area contributed by atoms with Crippen molar-refractivity contribution in [3.05, 3.63) is 46.2 Å². The molecule has 0 unspecified atom stereocenters. The summed E-state index contributed by atoms with van der Waals surface area (Å²) in [5, 5.41) is 11.4. The SMILES string of the molecule is Cc1ccc(CCCC(=O)Nc2cccc(OCC(=O)O)c2)s1. The Bertz CT molecular complexity index is 681. The van der Waals surface area contributed by atoms with Crippen molar-refractivity contribution in [2.45, 2.75) is 26.2 Å². The zero-order valence-electron chi connectivity index (χ0n) is 12.9. The van der Waals surface area contributed by atoms with E-state index in [4.69, 9.17) is 9.84 Å². The number of hydrogen-bond acceptors (Lipinski definition) is 4. The monoisotopic (exact) mass is 333 g/mol. The molecule has 0 aliphatic carbocycles. The minimum Gasteiger partial charge on any atom is -0.482 e. The molecule has 2 rings (SSSR count). The van der Waals surface area contributed by atoms with Crippen LogP contribution in [0.5, 0.6) is 5.75 Å². The van der Waals surface area contributed by atoms with Crippen molar-refractivity contribution < 1.29 is 19.4 Å². The number of rotatable bonds is 8. The molecule has 0 saturated carbocycles. The fourth-order valence-corrected chi connectivity index (χ4v) is 3.01. The number of hydrogen-bond donors (Lipinski definition) is 2. The minimum atomic E-state index is -1.04. The first kappa shape index (κ1) is 17.0. The largest absolute Gasteiger partial charge is 0.482 e. The molecule has 0 aliphatic heterocycles. The van der Waals surface area contributed by atoms with Crippen LogP contribution in [0.1, 0.15) is 22.6 Å². The van der Waals surface area contributed by atoms with Crippen molar-refractivity contribution in [2.24, 2.45) is 0 Å². The molecule has 0 atom stereocenters. The number of amides is 1. The van der Waals surface area contributed by atoms with Crippen LogP contribution < -0.4 is 10.1 Å². The summed E-state index contributed by atoms with van der Waals surface area (Å²) in [6.07, 6.45) is 2.13. The maximum Gasteiger partial charge on any atom is 0.341 e. The Morgan fingerprint density at radius 3 is 2.78 bits per heavy atom. The molecule has 0 bridgehead atoms. The van der Waals surface area contributed by atoms with Gasteiger partial charge in [-0.25, -0.2) is 4.79 Å². The number of aliphatic carboxylic acids is 1. The van der Waals surface area contributed by atoms with Gasteiger partial charge in [0.2, 0.25) is 5.91 Å². The Kier molecular flexibility index (Phi) is 6.17. The summed E-state index contributed by atoms with van der Waals surface area (Å²) in [6, 6.07) is 10.9. The van der Waals surface area contributed by atoms with E-state index < -0.39 is 12.6 Å². The summed E-state index contributed by atoms with van der Waals surface area (Å²) in [6.45, 7) is 1.66. The van der Waals surface area contributed by atoms with Gasteiger partial charge < -0.3 is 15.2 Å². The Morgan fingerprint density at radius 2 is 2.09 bits per heavy atom. The molecule has 1 aromatic carbocycles. The second-order valence-electron chi connectivity index (χ2n) is 5.12. The van der Waals surface area contributed by atoms with Crippen molar-refractivity contribution in [2.75, 3.05) is 11.9 Å². The topological polar surface area (TPSA) is 75.6 Å². The van der Waals surface area contributed by atoms with Gasteiger partial charge in [-0.2, -0.15) is 0 Å². The second-order valence-corrected chi connectivity index (χ2v) is 6.50. The average molecular weight is 333 g/mol. The van der Waals surface area contributed by atoms with Gasteiger partial charge in [0.05, 0.1) is 0 Å². The van der Waals surface area contributed by atoms with Gasteiger partial charge in [-0.15, -0.1) is 11.3 Å². The lowest BCUT2D eigenvalue weighted by molar-refractivity contribution is -0.139. The van der Waals surface area contributed by atoms with Crippen LogP contribution in [0.4, 0.5) is 5.69 Å². The summed E-state index contributed by atoms with van der Waals surface area (Å²) in [7, 11) is 0. The maximum atomic E-state index is 11.9. The minimum absolute atomic E-state index is 0.0614. The highest BCUT2D eigenvalue weighted by Gasteiger charge is 2.05. The van der Waals surface area contributed by atoms with E-state index in [1.807, 2.05) is 0 Å². The lowest BCUT2D eigenvalue weighted by atomic mass is 10.2. The number of aryl methyl sites for hydroxylation is 2. The van der Waals surface area contributed by atoms with Crippen molar-refractivity contribution in [3.8, 4) is 5.75 Å². The van der Waals surface area contributed by atoms with E-state index in [0.29, 0.717) is 17.9 Å². The highest BCUT2D eigenvalue weighted by Crippen LogP contribution is 2.19. The Labute approximate surface area is 138 Å². The van der Waals surface area contributed by atoms with Crippen LogP contribution in [0.15, 0.2) is 36.4 Å². The van der Waals surface area contributed by atoms with Gasteiger partial charge in [-0.1, -0.05) is 6.07 Å². The molecule has 23 heavy (non-hydrogen) atoms. The number of nitrogens with one attached hydrogen (secondary N) is 1. The fourth-order valence-electron chi connectivity index (χ4n) is 2.07. The standard InChI is InChI=1S/C17H19NO4S/c1-12-8-9-15(23-12)6-3-7-16(19)18-13-4-2-5-14(10-13)22-11-17(20)21/h2,4-5,8-10H,3,6-7,11H2,1H3,(H,18,19)(H,20,21). The summed E-state index contributed by atoms with van der Waals surface area (Å²) >= 11 is 1.76. The van der Waals surface area contributed by atoms with E-state index in [0.717, 1.165) is 12.8 Å². The molecule has 0 saturated heterocycles. The number of carboxylic acid groups (broad SMARTS) is 1. The number of carboxylic acids is 1. The van der Waals surface area contributed by atoms with Crippen molar-refractivity contribution in [1.82, 2.24) is 0 Å². The van der Waals surface area contributed by atoms with Crippen LogP contribution >= 0.6 is 11.3 Å². The number of thiophene rings is 1. The molecular formula is C17H19NO4S. The van der Waals surface area contributed by atoms with Gasteiger partial charge in [-0.3, -0.25) is 4.79 Å². The highest BCUT2D eigenvalue weighted by molar-refractivity contribution is 7.11.